The topological polar surface area (TPSA) is 70.6 Å². The van der Waals surface area contributed by atoms with E-state index >= 15 is 0 Å². The summed E-state index contributed by atoms with van der Waals surface area (Å²) in [4.78, 5) is 11.1. The molecule has 0 spiro atoms. The molecule has 2 unspecified atom stereocenters. The lowest BCUT2D eigenvalue weighted by Crippen LogP contribution is -2.33. The molecule has 0 aliphatic carbocycles. The van der Waals surface area contributed by atoms with Crippen molar-refractivity contribution in [3.05, 3.63) is 59.7 Å². The molecule has 0 aliphatic rings. The number of anilines is 1. The number of hydrogen-bond acceptors (Lipinski definition) is 4. The fourth-order valence-electron chi connectivity index (χ4n) is 2.48. The molecule has 25 heavy (non-hydrogen) atoms. The Morgan fingerprint density at radius 1 is 1.20 bits per heavy atom. The van der Waals surface area contributed by atoms with Gasteiger partial charge in [0.05, 0.1) is 0 Å². The lowest BCUT2D eigenvalue weighted by atomic mass is 10.1. The fourth-order valence-corrected chi connectivity index (χ4v) is 2.48. The number of rotatable bonds is 8. The van der Waals surface area contributed by atoms with E-state index in [4.69, 9.17) is 4.74 Å². The monoisotopic (exact) mass is 342 g/mol. The summed E-state index contributed by atoms with van der Waals surface area (Å²) >= 11 is 0. The molecule has 0 saturated heterocycles. The van der Waals surface area contributed by atoms with E-state index < -0.39 is 6.10 Å². The number of carbonyl (C=O) groups excluding carboxylic acids is 1. The van der Waals surface area contributed by atoms with Gasteiger partial charge in [-0.15, -0.1) is 0 Å². The van der Waals surface area contributed by atoms with E-state index in [1.165, 1.54) is 6.92 Å². The molecule has 3 N–H and O–H groups in total. The van der Waals surface area contributed by atoms with E-state index in [0.717, 1.165) is 22.6 Å². The van der Waals surface area contributed by atoms with Crippen LogP contribution >= 0.6 is 0 Å². The molecule has 2 atom stereocenters. The fraction of sp³-hybridized carbons (Fsp3) is 0.350. The van der Waals surface area contributed by atoms with Crippen LogP contribution in [0.3, 0.4) is 0 Å². The van der Waals surface area contributed by atoms with Crippen LogP contribution < -0.4 is 15.4 Å². The largest absolute Gasteiger partial charge is 0.491 e. The summed E-state index contributed by atoms with van der Waals surface area (Å²) < 4.78 is 5.61. The van der Waals surface area contributed by atoms with Crippen molar-refractivity contribution in [1.82, 2.24) is 5.32 Å². The molecule has 0 saturated carbocycles. The summed E-state index contributed by atoms with van der Waals surface area (Å²) in [6.45, 7) is 6.15. The van der Waals surface area contributed by atoms with Crippen molar-refractivity contribution in [3.8, 4) is 5.75 Å². The van der Waals surface area contributed by atoms with Crippen LogP contribution in [0.1, 0.15) is 31.0 Å². The van der Waals surface area contributed by atoms with Crippen LogP contribution in [-0.4, -0.2) is 30.3 Å². The molecule has 5 nitrogen and oxygen atoms in total. The number of nitrogens with one attached hydrogen (secondary N) is 2. The van der Waals surface area contributed by atoms with Crippen LogP contribution in [-0.2, 0) is 4.79 Å². The molecule has 0 aliphatic heterocycles. The number of benzene rings is 2. The van der Waals surface area contributed by atoms with Crippen molar-refractivity contribution >= 4 is 11.6 Å². The van der Waals surface area contributed by atoms with Crippen LogP contribution in [0.5, 0.6) is 5.75 Å². The minimum Gasteiger partial charge on any atom is -0.491 e. The van der Waals surface area contributed by atoms with Gasteiger partial charge in [-0.1, -0.05) is 24.3 Å². The van der Waals surface area contributed by atoms with E-state index in [1.54, 1.807) is 0 Å². The van der Waals surface area contributed by atoms with Crippen LogP contribution in [0.25, 0.3) is 0 Å². The number of hydrogen-bond donors (Lipinski definition) is 3. The van der Waals surface area contributed by atoms with Gasteiger partial charge in [-0.3, -0.25) is 4.79 Å². The smallest absolute Gasteiger partial charge is 0.221 e. The Hall–Kier alpha value is -2.37. The Morgan fingerprint density at radius 2 is 1.96 bits per heavy atom. The van der Waals surface area contributed by atoms with Crippen molar-refractivity contribution in [3.63, 3.8) is 0 Å². The zero-order chi connectivity index (χ0) is 18.2. The first-order chi connectivity index (χ1) is 11.9. The average Bonchev–Trinajstić information content (AvgIpc) is 2.57. The maximum absolute atomic E-state index is 11.1. The molecule has 0 fully saturated rings. The molecular formula is C20H26N2O3. The van der Waals surface area contributed by atoms with Crippen LogP contribution in [0.15, 0.2) is 48.5 Å². The predicted molar refractivity (Wildman–Crippen MR) is 99.8 cm³/mol. The van der Waals surface area contributed by atoms with Gasteiger partial charge in [0.25, 0.3) is 0 Å². The van der Waals surface area contributed by atoms with Gasteiger partial charge >= 0.3 is 0 Å². The average molecular weight is 342 g/mol. The Balaban J connectivity index is 1.80. The minimum atomic E-state index is -0.610. The number of aliphatic hydroxyl groups is 1. The predicted octanol–water partition coefficient (Wildman–Crippen LogP) is 3.04. The van der Waals surface area contributed by atoms with E-state index in [0.29, 0.717) is 6.54 Å². The zero-order valence-corrected chi connectivity index (χ0v) is 15.0. The minimum absolute atomic E-state index is 0.0438. The SMILES string of the molecule is CC(=O)Nc1cccc(C(C)NCC(O)COc2cccc(C)c2)c1. The summed E-state index contributed by atoms with van der Waals surface area (Å²) in [5.41, 5.74) is 2.93. The Morgan fingerprint density at radius 3 is 2.68 bits per heavy atom. The van der Waals surface area contributed by atoms with E-state index in [-0.39, 0.29) is 18.6 Å². The van der Waals surface area contributed by atoms with Gasteiger partial charge in [0.1, 0.15) is 18.5 Å². The van der Waals surface area contributed by atoms with Gasteiger partial charge in [0.2, 0.25) is 5.91 Å². The number of ether oxygens (including phenoxy) is 1. The van der Waals surface area contributed by atoms with E-state index in [1.807, 2.05) is 62.4 Å². The highest BCUT2D eigenvalue weighted by Crippen LogP contribution is 2.17. The molecule has 2 rings (SSSR count). The summed E-state index contributed by atoms with van der Waals surface area (Å²) in [6, 6.07) is 15.5. The molecule has 0 aromatic heterocycles. The third-order valence-corrected chi connectivity index (χ3v) is 3.80. The number of amides is 1. The number of aliphatic hydroxyl groups excluding tert-OH is 1. The summed E-state index contributed by atoms with van der Waals surface area (Å²) in [5, 5.41) is 16.2. The van der Waals surface area contributed by atoms with E-state index in [9.17, 15) is 9.90 Å². The Bertz CT molecular complexity index is 703. The first-order valence-electron chi connectivity index (χ1n) is 8.42. The van der Waals surface area contributed by atoms with Crippen LogP contribution in [0, 0.1) is 6.92 Å². The van der Waals surface area contributed by atoms with Gasteiger partial charge in [-0.05, 0) is 49.2 Å². The molecule has 0 heterocycles. The van der Waals surface area contributed by atoms with Gasteiger partial charge in [0.15, 0.2) is 0 Å². The van der Waals surface area contributed by atoms with Crippen molar-refractivity contribution in [2.75, 3.05) is 18.5 Å². The van der Waals surface area contributed by atoms with Gasteiger partial charge in [-0.25, -0.2) is 0 Å². The quantitative estimate of drug-likeness (QED) is 0.690. The highest BCUT2D eigenvalue weighted by atomic mass is 16.5. The molecule has 2 aromatic carbocycles. The lowest BCUT2D eigenvalue weighted by Gasteiger charge is -2.18. The third kappa shape index (κ3) is 6.57. The molecule has 1 amide bonds. The summed E-state index contributed by atoms with van der Waals surface area (Å²) in [6.07, 6.45) is -0.610. The zero-order valence-electron chi connectivity index (χ0n) is 15.0. The molecule has 134 valence electrons. The molecule has 0 radical (unpaired) electrons. The van der Waals surface area contributed by atoms with Crippen LogP contribution in [0.2, 0.25) is 0 Å². The number of carbonyl (C=O) groups is 1. The number of aryl methyl sites for hydroxylation is 1. The Kier molecular flexibility index (Phi) is 6.98. The highest BCUT2D eigenvalue weighted by molar-refractivity contribution is 5.88. The summed E-state index contributed by atoms with van der Waals surface area (Å²) in [7, 11) is 0. The standard InChI is InChI=1S/C20H26N2O3/c1-14-6-4-9-20(10-14)25-13-19(24)12-21-15(2)17-7-5-8-18(11-17)22-16(3)23/h4-11,15,19,21,24H,12-13H2,1-3H3,(H,22,23). The lowest BCUT2D eigenvalue weighted by molar-refractivity contribution is -0.114. The molecule has 0 bridgehead atoms. The van der Waals surface area contributed by atoms with E-state index in [2.05, 4.69) is 10.6 Å². The first-order valence-corrected chi connectivity index (χ1v) is 8.42. The summed E-state index contributed by atoms with van der Waals surface area (Å²) in [5.74, 6) is 0.664. The maximum atomic E-state index is 11.1. The van der Waals surface area contributed by atoms with Crippen LogP contribution in [0.4, 0.5) is 5.69 Å². The Labute approximate surface area is 149 Å². The van der Waals surface area contributed by atoms with Gasteiger partial charge < -0.3 is 20.5 Å². The molecule has 5 heteroatoms. The van der Waals surface area contributed by atoms with Gasteiger partial charge in [0, 0.05) is 25.2 Å². The van der Waals surface area contributed by atoms with Crippen molar-refractivity contribution in [1.29, 1.82) is 0 Å². The van der Waals surface area contributed by atoms with Gasteiger partial charge in [-0.2, -0.15) is 0 Å². The highest BCUT2D eigenvalue weighted by Gasteiger charge is 2.10. The third-order valence-electron chi connectivity index (χ3n) is 3.80. The first kappa shape index (κ1) is 19.0. The van der Waals surface area contributed by atoms with Crippen molar-refractivity contribution in [2.24, 2.45) is 0 Å². The maximum Gasteiger partial charge on any atom is 0.221 e. The van der Waals surface area contributed by atoms with Crippen molar-refractivity contribution < 1.29 is 14.6 Å². The second kappa shape index (κ2) is 9.20. The molecular weight excluding hydrogens is 316 g/mol. The normalized spacial score (nSPS) is 13.1. The molecule has 2 aromatic rings. The second-order valence-corrected chi connectivity index (χ2v) is 6.22. The second-order valence-electron chi connectivity index (χ2n) is 6.22. The van der Waals surface area contributed by atoms with Crippen molar-refractivity contribution in [2.45, 2.75) is 32.9 Å².